The molecule has 0 aliphatic rings. The lowest BCUT2D eigenvalue weighted by Gasteiger charge is -1.98. The highest BCUT2D eigenvalue weighted by Crippen LogP contribution is 2.21. The minimum Gasteiger partial charge on any atom is -0.326 e. The molecule has 1 aromatic carbocycles. The number of thiazole rings is 1. The Morgan fingerprint density at radius 3 is 2.88 bits per heavy atom. The van der Waals surface area contributed by atoms with Crippen molar-refractivity contribution >= 4 is 22.4 Å². The van der Waals surface area contributed by atoms with Crippen molar-refractivity contribution in [1.29, 1.82) is 0 Å². The molecule has 2 aromatic heterocycles. The maximum absolute atomic E-state index is 11.1. The summed E-state index contributed by atoms with van der Waals surface area (Å²) in [6.45, 7) is 0. The lowest BCUT2D eigenvalue weighted by atomic mass is 10.3. The van der Waals surface area contributed by atoms with Gasteiger partial charge in [-0.2, -0.15) is 0 Å². The molecule has 0 atom stereocenters. The van der Waals surface area contributed by atoms with Crippen LogP contribution >= 0.6 is 11.3 Å². The molecular weight excluding hydrogens is 222 g/mol. The van der Waals surface area contributed by atoms with Gasteiger partial charge in [0.2, 0.25) is 0 Å². The first-order valence-corrected chi connectivity index (χ1v) is 5.73. The molecule has 80 valence electrons. The summed E-state index contributed by atoms with van der Waals surface area (Å²) in [6.07, 6.45) is 0. The Hall–Kier alpha value is -1.88. The summed E-state index contributed by atoms with van der Waals surface area (Å²) in [5.41, 5.74) is 2.77. The molecule has 0 spiro atoms. The van der Waals surface area contributed by atoms with Crippen molar-refractivity contribution in [3.63, 3.8) is 0 Å². The van der Waals surface area contributed by atoms with E-state index in [4.69, 9.17) is 0 Å². The molecule has 0 unspecified atom stereocenters. The summed E-state index contributed by atoms with van der Waals surface area (Å²) in [5.74, 6) is 0.791. The molecule has 2 heterocycles. The highest BCUT2D eigenvalue weighted by atomic mass is 32.1. The van der Waals surface area contributed by atoms with E-state index >= 15 is 0 Å². The van der Waals surface area contributed by atoms with Gasteiger partial charge in [-0.3, -0.25) is 4.79 Å². The molecule has 5 heteroatoms. The molecule has 0 radical (unpaired) electrons. The molecule has 3 rings (SSSR count). The van der Waals surface area contributed by atoms with Crippen LogP contribution in [0.25, 0.3) is 22.6 Å². The van der Waals surface area contributed by atoms with E-state index in [1.807, 2.05) is 35.9 Å². The van der Waals surface area contributed by atoms with Gasteiger partial charge < -0.3 is 9.55 Å². The molecule has 0 bridgehead atoms. The van der Waals surface area contributed by atoms with Crippen LogP contribution in [-0.2, 0) is 7.05 Å². The summed E-state index contributed by atoms with van der Waals surface area (Å²) in [5, 5.41) is 1.80. The number of para-hydroxylation sites is 2. The zero-order chi connectivity index (χ0) is 11.1. The molecule has 0 saturated carbocycles. The first-order chi connectivity index (χ1) is 7.75. The Bertz CT molecular complexity index is 707. The van der Waals surface area contributed by atoms with Gasteiger partial charge in [0.15, 0.2) is 5.82 Å². The number of H-pyrrole nitrogens is 1. The molecular formula is C11H9N3OS. The van der Waals surface area contributed by atoms with Crippen LogP contribution in [0.15, 0.2) is 34.4 Å². The van der Waals surface area contributed by atoms with Crippen LogP contribution in [0.5, 0.6) is 0 Å². The predicted octanol–water partition coefficient (Wildman–Crippen LogP) is 1.99. The summed E-state index contributed by atoms with van der Waals surface area (Å²) in [7, 11) is 1.95. The molecule has 0 saturated heterocycles. The van der Waals surface area contributed by atoms with Crippen LogP contribution in [0.4, 0.5) is 0 Å². The maximum Gasteiger partial charge on any atom is 0.305 e. The third-order valence-corrected chi connectivity index (χ3v) is 3.22. The van der Waals surface area contributed by atoms with E-state index in [2.05, 4.69) is 9.97 Å². The normalized spacial score (nSPS) is 11.1. The van der Waals surface area contributed by atoms with E-state index in [-0.39, 0.29) is 4.87 Å². The quantitative estimate of drug-likeness (QED) is 0.696. The third kappa shape index (κ3) is 1.29. The minimum absolute atomic E-state index is 0.0537. The van der Waals surface area contributed by atoms with Crippen molar-refractivity contribution in [2.24, 2.45) is 7.05 Å². The van der Waals surface area contributed by atoms with E-state index in [1.165, 1.54) is 0 Å². The van der Waals surface area contributed by atoms with Gasteiger partial charge in [-0.15, -0.1) is 0 Å². The second-order valence-electron chi connectivity index (χ2n) is 3.54. The summed E-state index contributed by atoms with van der Waals surface area (Å²) >= 11 is 1.15. The minimum atomic E-state index is -0.0537. The number of benzene rings is 1. The molecule has 0 aliphatic heterocycles. The fourth-order valence-electron chi connectivity index (χ4n) is 1.78. The van der Waals surface area contributed by atoms with Gasteiger partial charge in [0, 0.05) is 12.4 Å². The molecule has 16 heavy (non-hydrogen) atoms. The van der Waals surface area contributed by atoms with Crippen LogP contribution < -0.4 is 4.87 Å². The van der Waals surface area contributed by atoms with Crippen LogP contribution in [0.3, 0.4) is 0 Å². The number of aryl methyl sites for hydroxylation is 1. The van der Waals surface area contributed by atoms with Gasteiger partial charge in [-0.1, -0.05) is 23.5 Å². The number of hydrogen-bond acceptors (Lipinski definition) is 3. The number of aromatic amines is 1. The van der Waals surface area contributed by atoms with Crippen molar-refractivity contribution in [3.05, 3.63) is 39.3 Å². The monoisotopic (exact) mass is 231 g/mol. The highest BCUT2D eigenvalue weighted by Gasteiger charge is 2.10. The summed E-state index contributed by atoms with van der Waals surface area (Å²) in [4.78, 5) is 18.3. The van der Waals surface area contributed by atoms with Crippen LogP contribution in [0, 0.1) is 0 Å². The van der Waals surface area contributed by atoms with Crippen LogP contribution in [-0.4, -0.2) is 14.5 Å². The number of aromatic nitrogens is 3. The molecule has 0 aliphatic carbocycles. The fourth-order valence-corrected chi connectivity index (χ4v) is 2.33. The molecule has 0 amide bonds. The van der Waals surface area contributed by atoms with Crippen molar-refractivity contribution in [3.8, 4) is 11.5 Å². The maximum atomic E-state index is 11.1. The third-order valence-electron chi connectivity index (χ3n) is 2.55. The SMILES string of the molecule is Cn1c(-c2csc(=O)[nH]2)nc2ccccc21. The Morgan fingerprint density at radius 1 is 1.38 bits per heavy atom. The molecule has 3 aromatic rings. The van der Waals surface area contributed by atoms with E-state index < -0.39 is 0 Å². The van der Waals surface area contributed by atoms with Crippen molar-refractivity contribution in [1.82, 2.24) is 14.5 Å². The summed E-state index contributed by atoms with van der Waals surface area (Å²) < 4.78 is 1.98. The lowest BCUT2D eigenvalue weighted by molar-refractivity contribution is 0.952. The van der Waals surface area contributed by atoms with Gasteiger partial charge in [0.25, 0.3) is 0 Å². The highest BCUT2D eigenvalue weighted by molar-refractivity contribution is 7.07. The Morgan fingerprint density at radius 2 is 2.19 bits per heavy atom. The van der Waals surface area contributed by atoms with Crippen molar-refractivity contribution in [2.75, 3.05) is 0 Å². The van der Waals surface area contributed by atoms with E-state index in [0.717, 1.165) is 33.9 Å². The van der Waals surface area contributed by atoms with Gasteiger partial charge in [-0.05, 0) is 12.1 Å². The fraction of sp³-hybridized carbons (Fsp3) is 0.0909. The average molecular weight is 231 g/mol. The van der Waals surface area contributed by atoms with Gasteiger partial charge in [0.05, 0.1) is 16.7 Å². The number of nitrogens with one attached hydrogen (secondary N) is 1. The predicted molar refractivity (Wildman–Crippen MR) is 64.6 cm³/mol. The molecule has 4 nitrogen and oxygen atoms in total. The zero-order valence-electron chi connectivity index (χ0n) is 8.60. The number of rotatable bonds is 1. The average Bonchev–Trinajstić information content (AvgIpc) is 2.84. The zero-order valence-corrected chi connectivity index (χ0v) is 9.41. The van der Waals surface area contributed by atoms with E-state index in [1.54, 1.807) is 5.38 Å². The topological polar surface area (TPSA) is 50.7 Å². The Balaban J connectivity index is 2.32. The second-order valence-corrected chi connectivity index (χ2v) is 4.39. The number of nitrogens with zero attached hydrogens (tertiary/aromatic N) is 2. The smallest absolute Gasteiger partial charge is 0.305 e. The standard InChI is InChI=1S/C11H9N3OS/c1-14-9-5-3-2-4-7(9)12-10(14)8-6-16-11(15)13-8/h2-6H,1H3,(H,13,15). The van der Waals surface area contributed by atoms with Crippen molar-refractivity contribution in [2.45, 2.75) is 0 Å². The summed E-state index contributed by atoms with van der Waals surface area (Å²) in [6, 6.07) is 7.90. The van der Waals surface area contributed by atoms with Crippen molar-refractivity contribution < 1.29 is 0 Å². The van der Waals surface area contributed by atoms with E-state index in [0.29, 0.717) is 0 Å². The first-order valence-electron chi connectivity index (χ1n) is 4.85. The van der Waals surface area contributed by atoms with Gasteiger partial charge in [0.1, 0.15) is 0 Å². The largest absolute Gasteiger partial charge is 0.326 e. The number of fused-ring (bicyclic) bond motifs is 1. The Labute approximate surface area is 95.2 Å². The first kappa shape index (κ1) is 9.35. The van der Waals surface area contributed by atoms with Gasteiger partial charge in [-0.25, -0.2) is 4.98 Å². The molecule has 0 fully saturated rings. The van der Waals surface area contributed by atoms with Gasteiger partial charge >= 0.3 is 4.87 Å². The van der Waals surface area contributed by atoms with E-state index in [9.17, 15) is 4.79 Å². The second kappa shape index (κ2) is 3.31. The molecule has 1 N–H and O–H groups in total. The Kier molecular flexibility index (Phi) is 1.94. The number of hydrogen-bond donors (Lipinski definition) is 1. The van der Waals surface area contributed by atoms with Crippen LogP contribution in [0.1, 0.15) is 0 Å². The lowest BCUT2D eigenvalue weighted by Crippen LogP contribution is -1.97. The van der Waals surface area contributed by atoms with Crippen LogP contribution in [0.2, 0.25) is 0 Å². The number of imidazole rings is 1.